The number of hydrogen-bond donors (Lipinski definition) is 1. The predicted octanol–water partition coefficient (Wildman–Crippen LogP) is 5.56. The highest BCUT2D eigenvalue weighted by atomic mass is 32.2. The number of rotatable bonds is 8. The molecule has 0 radical (unpaired) electrons. The topological polar surface area (TPSA) is 79.4 Å². The third-order valence-corrected chi connectivity index (χ3v) is 8.47. The lowest BCUT2D eigenvalue weighted by atomic mass is 10.00. The second kappa shape index (κ2) is 10.2. The van der Waals surface area contributed by atoms with Crippen molar-refractivity contribution in [1.82, 2.24) is 9.88 Å². The Hall–Kier alpha value is -2.55. The summed E-state index contributed by atoms with van der Waals surface area (Å²) in [6, 6.07) is 15.5. The van der Waals surface area contributed by atoms with E-state index >= 15 is 0 Å². The van der Waals surface area contributed by atoms with Crippen LogP contribution in [0.5, 0.6) is 0 Å². The third-order valence-electron chi connectivity index (χ3n) is 6.37. The minimum Gasteiger partial charge on any atom is -0.302 e. The highest BCUT2D eigenvalue weighted by Crippen LogP contribution is 2.43. The first-order valence-electron chi connectivity index (χ1n) is 11.9. The van der Waals surface area contributed by atoms with Crippen LogP contribution in [0.25, 0.3) is 0 Å². The van der Waals surface area contributed by atoms with Crippen LogP contribution in [-0.4, -0.2) is 30.5 Å². The Labute approximate surface area is 212 Å². The van der Waals surface area contributed by atoms with Gasteiger partial charge in [0.05, 0.1) is 23.1 Å². The molecule has 0 fully saturated rings. The molecule has 1 aliphatic heterocycles. The average Bonchev–Trinajstić information content (AvgIpc) is 3.29. The van der Waals surface area contributed by atoms with E-state index in [4.69, 9.17) is 4.98 Å². The van der Waals surface area contributed by atoms with Crippen molar-refractivity contribution in [3.8, 4) is 0 Å². The van der Waals surface area contributed by atoms with E-state index in [2.05, 4.69) is 62.2 Å². The number of hydrogen-bond acceptors (Lipinski definition) is 6. The molecule has 2 heterocycles. The zero-order valence-corrected chi connectivity index (χ0v) is 22.5. The van der Waals surface area contributed by atoms with Gasteiger partial charge in [0.2, 0.25) is 5.91 Å². The average molecular weight is 512 g/mol. The van der Waals surface area contributed by atoms with Gasteiger partial charge in [-0.2, -0.15) is 0 Å². The SMILES string of the molecule is CC(C)c1ccc(CN2Cc3sc(NC(=O)Cc4ccc(S(C)(=O)=O)cc4)nc3C2C(C)C)cc1. The number of carbonyl (C=O) groups is 1. The van der Waals surface area contributed by atoms with Gasteiger partial charge in [-0.05, 0) is 40.7 Å². The molecule has 8 heteroatoms. The number of nitrogens with zero attached hydrogens (tertiary/aromatic N) is 2. The Balaban J connectivity index is 1.41. The van der Waals surface area contributed by atoms with Crippen molar-refractivity contribution in [2.24, 2.45) is 5.92 Å². The molecular formula is C27H33N3O3S2. The molecule has 1 amide bonds. The van der Waals surface area contributed by atoms with Crippen molar-refractivity contribution in [3.63, 3.8) is 0 Å². The second-order valence-corrected chi connectivity index (χ2v) is 13.1. The largest absolute Gasteiger partial charge is 0.302 e. The quantitative estimate of drug-likeness (QED) is 0.428. The fourth-order valence-corrected chi connectivity index (χ4v) is 6.23. The Morgan fingerprint density at radius 2 is 1.69 bits per heavy atom. The summed E-state index contributed by atoms with van der Waals surface area (Å²) in [5.74, 6) is 0.758. The van der Waals surface area contributed by atoms with Gasteiger partial charge in [-0.15, -0.1) is 11.3 Å². The van der Waals surface area contributed by atoms with E-state index in [1.54, 1.807) is 23.5 Å². The summed E-state index contributed by atoms with van der Waals surface area (Å²) in [4.78, 5) is 21.4. The molecule has 3 aromatic rings. The molecular weight excluding hydrogens is 478 g/mol. The molecule has 0 bridgehead atoms. The minimum absolute atomic E-state index is 0.160. The number of anilines is 1. The zero-order valence-electron chi connectivity index (χ0n) is 20.9. The van der Waals surface area contributed by atoms with E-state index in [-0.39, 0.29) is 23.3 Å². The van der Waals surface area contributed by atoms with E-state index in [9.17, 15) is 13.2 Å². The number of carbonyl (C=O) groups excluding carboxylic acids is 1. The maximum Gasteiger partial charge on any atom is 0.230 e. The summed E-state index contributed by atoms with van der Waals surface area (Å²) in [7, 11) is -3.25. The van der Waals surface area contributed by atoms with E-state index in [1.165, 1.54) is 34.4 Å². The van der Waals surface area contributed by atoms with Gasteiger partial charge in [-0.1, -0.05) is 64.1 Å². The van der Waals surface area contributed by atoms with E-state index in [1.807, 2.05) is 0 Å². The monoisotopic (exact) mass is 511 g/mol. The lowest BCUT2D eigenvalue weighted by Gasteiger charge is -2.27. The van der Waals surface area contributed by atoms with Crippen molar-refractivity contribution in [1.29, 1.82) is 0 Å². The molecule has 0 aliphatic carbocycles. The van der Waals surface area contributed by atoms with Crippen LogP contribution >= 0.6 is 11.3 Å². The summed E-state index contributed by atoms with van der Waals surface area (Å²) < 4.78 is 23.2. The first-order valence-corrected chi connectivity index (χ1v) is 14.6. The lowest BCUT2D eigenvalue weighted by molar-refractivity contribution is -0.115. The molecule has 2 aromatic carbocycles. The number of aromatic nitrogens is 1. The van der Waals surface area contributed by atoms with Gasteiger partial charge in [0, 0.05) is 24.2 Å². The first kappa shape index (κ1) is 25.5. The molecule has 35 heavy (non-hydrogen) atoms. The van der Waals surface area contributed by atoms with Gasteiger partial charge in [-0.3, -0.25) is 9.69 Å². The molecule has 1 N–H and O–H groups in total. The van der Waals surface area contributed by atoms with E-state index in [0.717, 1.165) is 24.3 Å². The maximum absolute atomic E-state index is 12.6. The fourth-order valence-electron chi connectivity index (χ4n) is 4.55. The Morgan fingerprint density at radius 1 is 1.06 bits per heavy atom. The normalized spacial score (nSPS) is 16.1. The summed E-state index contributed by atoms with van der Waals surface area (Å²) >= 11 is 1.54. The highest BCUT2D eigenvalue weighted by molar-refractivity contribution is 7.90. The summed E-state index contributed by atoms with van der Waals surface area (Å²) in [6.07, 6.45) is 1.34. The van der Waals surface area contributed by atoms with Crippen LogP contribution in [0.15, 0.2) is 53.4 Å². The number of thiazole rings is 1. The number of sulfone groups is 1. The number of nitrogens with one attached hydrogen (secondary N) is 1. The van der Waals surface area contributed by atoms with Crippen LogP contribution in [0, 0.1) is 5.92 Å². The van der Waals surface area contributed by atoms with Crippen molar-refractivity contribution >= 4 is 32.2 Å². The molecule has 6 nitrogen and oxygen atoms in total. The molecule has 1 atom stereocenters. The van der Waals surface area contributed by atoms with Crippen molar-refractivity contribution < 1.29 is 13.2 Å². The van der Waals surface area contributed by atoms with Gasteiger partial charge < -0.3 is 5.32 Å². The highest BCUT2D eigenvalue weighted by Gasteiger charge is 2.36. The first-order chi connectivity index (χ1) is 16.5. The molecule has 4 rings (SSSR count). The molecule has 0 saturated carbocycles. The summed E-state index contributed by atoms with van der Waals surface area (Å²) in [5, 5.41) is 3.56. The maximum atomic E-state index is 12.6. The Kier molecular flexibility index (Phi) is 7.45. The van der Waals surface area contributed by atoms with E-state index < -0.39 is 9.84 Å². The summed E-state index contributed by atoms with van der Waals surface area (Å²) in [6.45, 7) is 10.5. The van der Waals surface area contributed by atoms with Crippen LogP contribution in [0.3, 0.4) is 0 Å². The smallest absolute Gasteiger partial charge is 0.230 e. The Morgan fingerprint density at radius 3 is 2.26 bits per heavy atom. The number of benzene rings is 2. The van der Waals surface area contributed by atoms with Crippen molar-refractivity contribution in [2.45, 2.75) is 64.1 Å². The van der Waals surface area contributed by atoms with Crippen LogP contribution < -0.4 is 5.32 Å². The predicted molar refractivity (Wildman–Crippen MR) is 141 cm³/mol. The molecule has 0 spiro atoms. The molecule has 1 aromatic heterocycles. The van der Waals surface area contributed by atoms with E-state index in [0.29, 0.717) is 17.0 Å². The Bertz CT molecular complexity index is 1290. The zero-order chi connectivity index (χ0) is 25.3. The standard InChI is InChI=1S/C27H33N3O3S2/c1-17(2)21-10-6-20(7-11-21)15-30-16-23-25(26(30)18(3)4)29-27(34-23)28-24(31)14-19-8-12-22(13-9-19)35(5,32)33/h6-13,17-18,26H,14-16H2,1-5H3,(H,28,29,31). The van der Waals surface area contributed by atoms with Crippen LogP contribution in [0.4, 0.5) is 5.13 Å². The van der Waals surface area contributed by atoms with Crippen molar-refractivity contribution in [3.05, 3.63) is 75.8 Å². The van der Waals surface area contributed by atoms with Gasteiger partial charge in [-0.25, -0.2) is 13.4 Å². The van der Waals surface area contributed by atoms with Crippen LogP contribution in [0.2, 0.25) is 0 Å². The van der Waals surface area contributed by atoms with Gasteiger partial charge in [0.1, 0.15) is 0 Å². The van der Waals surface area contributed by atoms with Gasteiger partial charge in [0.25, 0.3) is 0 Å². The van der Waals surface area contributed by atoms with Gasteiger partial charge in [0.15, 0.2) is 15.0 Å². The second-order valence-electron chi connectivity index (χ2n) is 9.96. The molecule has 1 unspecified atom stereocenters. The molecule has 0 saturated heterocycles. The number of amides is 1. The third kappa shape index (κ3) is 6.00. The van der Waals surface area contributed by atoms with Crippen LogP contribution in [-0.2, 0) is 34.1 Å². The molecule has 186 valence electrons. The lowest BCUT2D eigenvalue weighted by Crippen LogP contribution is -2.26. The molecule has 1 aliphatic rings. The number of fused-ring (bicyclic) bond motifs is 1. The van der Waals surface area contributed by atoms with Crippen LogP contribution in [0.1, 0.15) is 66.9 Å². The fraction of sp³-hybridized carbons (Fsp3) is 0.407. The summed E-state index contributed by atoms with van der Waals surface area (Å²) in [5.41, 5.74) is 4.47. The van der Waals surface area contributed by atoms with Gasteiger partial charge >= 0.3 is 0 Å². The van der Waals surface area contributed by atoms with Crippen molar-refractivity contribution in [2.75, 3.05) is 11.6 Å². The minimum atomic E-state index is -3.25.